The summed E-state index contributed by atoms with van der Waals surface area (Å²) >= 11 is 0. The van der Waals surface area contributed by atoms with Crippen LogP contribution in [0.4, 0.5) is 9.59 Å². The molecule has 2 rings (SSSR count). The molecule has 32 heavy (non-hydrogen) atoms. The summed E-state index contributed by atoms with van der Waals surface area (Å²) in [6, 6.07) is 11.0. The topological polar surface area (TPSA) is 108 Å². The molecule has 0 saturated carbocycles. The molecule has 4 amide bonds. The molecule has 0 aliphatic heterocycles. The number of aromatic nitrogens is 2. The van der Waals surface area contributed by atoms with E-state index in [0.29, 0.717) is 26.2 Å². The van der Waals surface area contributed by atoms with Crippen molar-refractivity contribution in [3.05, 3.63) is 60.2 Å². The van der Waals surface area contributed by atoms with Gasteiger partial charge in [-0.25, -0.2) is 9.59 Å². The molecule has 8 nitrogen and oxygen atoms in total. The first-order chi connectivity index (χ1) is 15.7. The number of urea groups is 2. The number of nitrogens with one attached hydrogen (secondary N) is 4. The predicted molar refractivity (Wildman–Crippen MR) is 126 cm³/mol. The number of rotatable bonds is 15. The highest BCUT2D eigenvalue weighted by Gasteiger charge is 2.01. The molecule has 0 aliphatic rings. The van der Waals surface area contributed by atoms with Crippen molar-refractivity contribution in [1.29, 1.82) is 0 Å². The van der Waals surface area contributed by atoms with Crippen LogP contribution in [0.1, 0.15) is 62.8 Å². The smallest absolute Gasteiger partial charge is 0.315 e. The van der Waals surface area contributed by atoms with Crippen molar-refractivity contribution in [2.24, 2.45) is 0 Å². The van der Waals surface area contributed by atoms with Gasteiger partial charge in [-0.2, -0.15) is 0 Å². The fraction of sp³-hybridized carbons (Fsp3) is 0.500. The van der Waals surface area contributed by atoms with Crippen molar-refractivity contribution < 1.29 is 9.59 Å². The Morgan fingerprint density at radius 3 is 1.34 bits per heavy atom. The Bertz CT molecular complexity index is 692. The SMILES string of the molecule is O=C(NCCCCCCCCCCNC(=O)NCc1ccccn1)NCc1ccccn1. The number of carbonyl (C=O) groups is 2. The standard InChI is InChI=1S/C24H36N6O2/c31-23(29-19-21-13-7-11-15-25-21)27-17-9-5-3-1-2-4-6-10-18-28-24(32)30-20-22-14-8-12-16-26-22/h7-8,11-16H,1-6,9-10,17-20H2,(H2,27,29,31)(H2,28,30,32). The number of hydrogen-bond donors (Lipinski definition) is 4. The molecule has 174 valence electrons. The summed E-state index contributed by atoms with van der Waals surface area (Å²) < 4.78 is 0. The third kappa shape index (κ3) is 12.5. The van der Waals surface area contributed by atoms with Crippen LogP contribution in [0.25, 0.3) is 0 Å². The molecule has 2 heterocycles. The van der Waals surface area contributed by atoms with Gasteiger partial charge in [-0.1, -0.05) is 50.7 Å². The number of pyridine rings is 2. The minimum atomic E-state index is -0.144. The molecule has 0 saturated heterocycles. The zero-order valence-corrected chi connectivity index (χ0v) is 18.8. The summed E-state index contributed by atoms with van der Waals surface area (Å²) in [7, 11) is 0. The van der Waals surface area contributed by atoms with E-state index in [1.54, 1.807) is 12.4 Å². The van der Waals surface area contributed by atoms with Crippen molar-refractivity contribution in [3.8, 4) is 0 Å². The summed E-state index contributed by atoms with van der Waals surface area (Å²) in [6.45, 7) is 2.28. The van der Waals surface area contributed by atoms with Crippen LogP contribution in [0.2, 0.25) is 0 Å². The number of hydrogen-bond acceptors (Lipinski definition) is 4. The first-order valence-electron chi connectivity index (χ1n) is 11.6. The average Bonchev–Trinajstić information content (AvgIpc) is 2.83. The summed E-state index contributed by atoms with van der Waals surface area (Å²) in [5, 5.41) is 11.4. The Labute approximate surface area is 191 Å². The fourth-order valence-electron chi connectivity index (χ4n) is 3.19. The van der Waals surface area contributed by atoms with Gasteiger partial charge >= 0.3 is 12.1 Å². The summed E-state index contributed by atoms with van der Waals surface area (Å²) in [4.78, 5) is 31.8. The number of unbranched alkanes of at least 4 members (excludes halogenated alkanes) is 7. The second-order valence-corrected chi connectivity index (χ2v) is 7.69. The average molecular weight is 441 g/mol. The molecular weight excluding hydrogens is 404 g/mol. The lowest BCUT2D eigenvalue weighted by Crippen LogP contribution is -2.35. The molecule has 2 aromatic rings. The van der Waals surface area contributed by atoms with Crippen molar-refractivity contribution in [3.63, 3.8) is 0 Å². The molecule has 0 radical (unpaired) electrons. The van der Waals surface area contributed by atoms with Crippen molar-refractivity contribution in [2.45, 2.75) is 64.5 Å². The molecular formula is C24H36N6O2. The Hall–Kier alpha value is -3.16. The normalized spacial score (nSPS) is 10.4. The maximum atomic E-state index is 11.7. The highest BCUT2D eigenvalue weighted by atomic mass is 16.2. The van der Waals surface area contributed by atoms with Gasteiger partial charge in [0, 0.05) is 25.5 Å². The lowest BCUT2D eigenvalue weighted by Gasteiger charge is -2.08. The summed E-state index contributed by atoms with van der Waals surface area (Å²) in [6.07, 6.45) is 12.5. The molecule has 0 unspecified atom stereocenters. The monoisotopic (exact) mass is 440 g/mol. The Kier molecular flexibility index (Phi) is 13.0. The summed E-state index contributed by atoms with van der Waals surface area (Å²) in [5.41, 5.74) is 1.70. The van der Waals surface area contributed by atoms with E-state index < -0.39 is 0 Å². The summed E-state index contributed by atoms with van der Waals surface area (Å²) in [5.74, 6) is 0. The van der Waals surface area contributed by atoms with Gasteiger partial charge < -0.3 is 21.3 Å². The van der Waals surface area contributed by atoms with Crippen LogP contribution in [0, 0.1) is 0 Å². The molecule has 2 aromatic heterocycles. The van der Waals surface area contributed by atoms with Crippen molar-refractivity contribution in [1.82, 2.24) is 31.2 Å². The Morgan fingerprint density at radius 1 is 0.562 bits per heavy atom. The minimum Gasteiger partial charge on any atom is -0.338 e. The zero-order valence-electron chi connectivity index (χ0n) is 18.8. The van der Waals surface area contributed by atoms with E-state index in [1.807, 2.05) is 36.4 Å². The molecule has 4 N–H and O–H groups in total. The van der Waals surface area contributed by atoms with Crippen LogP contribution in [0.3, 0.4) is 0 Å². The van der Waals surface area contributed by atoms with Gasteiger partial charge in [0.1, 0.15) is 0 Å². The minimum absolute atomic E-state index is 0.144. The molecule has 0 fully saturated rings. The van der Waals surface area contributed by atoms with E-state index in [9.17, 15) is 9.59 Å². The van der Waals surface area contributed by atoms with E-state index in [-0.39, 0.29) is 12.1 Å². The van der Waals surface area contributed by atoms with Gasteiger partial charge in [-0.15, -0.1) is 0 Å². The van der Waals surface area contributed by atoms with Crippen LogP contribution in [-0.4, -0.2) is 35.1 Å². The molecule has 8 heteroatoms. The predicted octanol–water partition coefficient (Wildman–Crippen LogP) is 3.90. The third-order valence-corrected chi connectivity index (χ3v) is 4.99. The molecule has 0 aromatic carbocycles. The van der Waals surface area contributed by atoms with Gasteiger partial charge in [-0.3, -0.25) is 9.97 Å². The lowest BCUT2D eigenvalue weighted by atomic mass is 10.1. The van der Waals surface area contributed by atoms with E-state index in [2.05, 4.69) is 31.2 Å². The first-order valence-corrected chi connectivity index (χ1v) is 11.6. The molecule has 0 atom stereocenters. The van der Waals surface area contributed by atoms with E-state index in [0.717, 1.165) is 37.1 Å². The van der Waals surface area contributed by atoms with Crippen LogP contribution in [0.5, 0.6) is 0 Å². The zero-order chi connectivity index (χ0) is 22.7. The van der Waals surface area contributed by atoms with E-state index >= 15 is 0 Å². The fourth-order valence-corrected chi connectivity index (χ4v) is 3.19. The van der Waals surface area contributed by atoms with Gasteiger partial charge in [-0.05, 0) is 37.1 Å². The highest BCUT2D eigenvalue weighted by molar-refractivity contribution is 5.74. The lowest BCUT2D eigenvalue weighted by molar-refractivity contribution is 0.239. The van der Waals surface area contributed by atoms with Crippen LogP contribution in [-0.2, 0) is 13.1 Å². The van der Waals surface area contributed by atoms with Gasteiger partial charge in [0.2, 0.25) is 0 Å². The van der Waals surface area contributed by atoms with Gasteiger partial charge in [0.15, 0.2) is 0 Å². The third-order valence-electron chi connectivity index (χ3n) is 4.99. The van der Waals surface area contributed by atoms with Crippen molar-refractivity contribution in [2.75, 3.05) is 13.1 Å². The van der Waals surface area contributed by atoms with Gasteiger partial charge in [0.25, 0.3) is 0 Å². The van der Waals surface area contributed by atoms with Crippen LogP contribution >= 0.6 is 0 Å². The van der Waals surface area contributed by atoms with Crippen LogP contribution < -0.4 is 21.3 Å². The highest BCUT2D eigenvalue weighted by Crippen LogP contribution is 2.08. The maximum Gasteiger partial charge on any atom is 0.315 e. The maximum absolute atomic E-state index is 11.7. The number of amides is 4. The first kappa shape index (κ1) is 25.1. The Morgan fingerprint density at radius 2 is 0.969 bits per heavy atom. The van der Waals surface area contributed by atoms with Crippen molar-refractivity contribution >= 4 is 12.1 Å². The van der Waals surface area contributed by atoms with E-state index in [1.165, 1.54) is 25.7 Å². The molecule has 0 aliphatic carbocycles. The van der Waals surface area contributed by atoms with Gasteiger partial charge in [0.05, 0.1) is 24.5 Å². The second-order valence-electron chi connectivity index (χ2n) is 7.69. The number of carbonyl (C=O) groups excluding carboxylic acids is 2. The Balaban J connectivity index is 1.31. The second kappa shape index (κ2) is 16.5. The van der Waals surface area contributed by atoms with Crippen LogP contribution in [0.15, 0.2) is 48.8 Å². The quantitative estimate of drug-likeness (QED) is 0.315. The largest absolute Gasteiger partial charge is 0.338 e. The molecule has 0 bridgehead atoms. The number of nitrogens with zero attached hydrogens (tertiary/aromatic N) is 2. The van der Waals surface area contributed by atoms with E-state index in [4.69, 9.17) is 0 Å². The molecule has 0 spiro atoms.